The van der Waals surface area contributed by atoms with E-state index in [1.54, 1.807) is 12.4 Å². The third-order valence-corrected chi connectivity index (χ3v) is 2.08. The Morgan fingerprint density at radius 3 is 3.08 bits per heavy atom. The fourth-order valence-electron chi connectivity index (χ4n) is 1.14. The van der Waals surface area contributed by atoms with Gasteiger partial charge in [-0.05, 0) is 6.07 Å². The summed E-state index contributed by atoms with van der Waals surface area (Å²) in [5, 5.41) is 9.57. The zero-order valence-electron chi connectivity index (χ0n) is 6.21. The van der Waals surface area contributed by atoms with Gasteiger partial charge in [-0.3, -0.25) is 0 Å². The highest BCUT2D eigenvalue weighted by Gasteiger charge is 2.06. The van der Waals surface area contributed by atoms with Gasteiger partial charge >= 0.3 is 0 Å². The summed E-state index contributed by atoms with van der Waals surface area (Å²) in [4.78, 5) is 6.86. The van der Waals surface area contributed by atoms with Gasteiger partial charge in [0.15, 0.2) is 0 Å². The van der Waals surface area contributed by atoms with Gasteiger partial charge < -0.3 is 10.1 Å². The maximum absolute atomic E-state index is 9.57. The van der Waals surface area contributed by atoms with Crippen LogP contribution in [0.5, 0.6) is 5.75 Å². The van der Waals surface area contributed by atoms with Crippen LogP contribution in [0.4, 0.5) is 0 Å². The first-order chi connectivity index (χ1) is 5.83. The van der Waals surface area contributed by atoms with Gasteiger partial charge in [-0.15, -0.1) is 11.6 Å². The van der Waals surface area contributed by atoms with E-state index in [-0.39, 0.29) is 5.75 Å². The summed E-state index contributed by atoms with van der Waals surface area (Å²) in [6.07, 6.45) is 1.54. The largest absolute Gasteiger partial charge is 0.505 e. The molecular weight excluding hydrogens is 176 g/mol. The molecule has 12 heavy (non-hydrogen) atoms. The summed E-state index contributed by atoms with van der Waals surface area (Å²) in [7, 11) is 0. The molecule has 4 heteroatoms. The lowest BCUT2D eigenvalue weighted by Gasteiger charge is -1.99. The van der Waals surface area contributed by atoms with Crippen molar-refractivity contribution in [2.75, 3.05) is 0 Å². The number of halogens is 1. The Morgan fingerprint density at radius 2 is 2.33 bits per heavy atom. The number of aromatic amines is 1. The van der Waals surface area contributed by atoms with Crippen LogP contribution in [0, 0.1) is 0 Å². The second-order valence-electron chi connectivity index (χ2n) is 2.51. The molecular formula is C8H7ClN2O. The second-order valence-corrected chi connectivity index (χ2v) is 2.77. The number of hydrogen-bond donors (Lipinski definition) is 2. The molecule has 0 aliphatic rings. The summed E-state index contributed by atoms with van der Waals surface area (Å²) in [6, 6.07) is 3.63. The van der Waals surface area contributed by atoms with E-state index in [0.29, 0.717) is 17.0 Å². The van der Waals surface area contributed by atoms with Crippen LogP contribution in [-0.2, 0) is 5.88 Å². The topological polar surface area (TPSA) is 48.9 Å². The summed E-state index contributed by atoms with van der Waals surface area (Å²) < 4.78 is 0. The van der Waals surface area contributed by atoms with Crippen molar-refractivity contribution in [2.45, 2.75) is 5.88 Å². The molecule has 0 radical (unpaired) electrons. The Labute approximate surface area is 74.0 Å². The van der Waals surface area contributed by atoms with Crippen molar-refractivity contribution in [3.63, 3.8) is 0 Å². The molecule has 1 heterocycles. The van der Waals surface area contributed by atoms with Gasteiger partial charge in [0.05, 0.1) is 17.7 Å². The van der Waals surface area contributed by atoms with Crippen molar-refractivity contribution in [2.24, 2.45) is 0 Å². The zero-order chi connectivity index (χ0) is 8.55. The highest BCUT2D eigenvalue weighted by atomic mass is 35.5. The highest BCUT2D eigenvalue weighted by Crippen LogP contribution is 2.26. The Hall–Kier alpha value is -1.22. The van der Waals surface area contributed by atoms with Crippen LogP contribution in [0.3, 0.4) is 0 Å². The average molecular weight is 183 g/mol. The minimum absolute atomic E-state index is 0.170. The number of H-pyrrole nitrogens is 1. The molecule has 0 aliphatic carbocycles. The van der Waals surface area contributed by atoms with E-state index in [1.807, 2.05) is 6.07 Å². The summed E-state index contributed by atoms with van der Waals surface area (Å²) >= 11 is 5.60. The quantitative estimate of drug-likeness (QED) is 0.663. The predicted octanol–water partition coefficient (Wildman–Crippen LogP) is 2.01. The molecule has 0 fully saturated rings. The molecule has 0 atom stereocenters. The Balaban J connectivity index is 2.78. The predicted molar refractivity (Wildman–Crippen MR) is 47.3 cm³/mol. The zero-order valence-corrected chi connectivity index (χ0v) is 6.97. The summed E-state index contributed by atoms with van der Waals surface area (Å²) in [5.74, 6) is 0.470. The van der Waals surface area contributed by atoms with Gasteiger partial charge in [-0.2, -0.15) is 0 Å². The highest BCUT2D eigenvalue weighted by molar-refractivity contribution is 6.17. The summed E-state index contributed by atoms with van der Waals surface area (Å²) in [5.41, 5.74) is 2.10. The van der Waals surface area contributed by atoms with Crippen molar-refractivity contribution in [3.05, 3.63) is 24.0 Å². The van der Waals surface area contributed by atoms with Crippen molar-refractivity contribution >= 4 is 22.6 Å². The van der Waals surface area contributed by atoms with Crippen molar-refractivity contribution < 1.29 is 5.11 Å². The average Bonchev–Trinajstić information content (AvgIpc) is 2.53. The van der Waals surface area contributed by atoms with Crippen LogP contribution >= 0.6 is 11.6 Å². The fourth-order valence-corrected chi connectivity index (χ4v) is 1.36. The minimum atomic E-state index is 0.170. The fraction of sp³-hybridized carbons (Fsp3) is 0.125. The second kappa shape index (κ2) is 2.68. The standard InChI is InChI=1S/C8H7ClN2O/c9-3-5-1-2-6-7(8(5)12)11-4-10-6/h1-2,4,12H,3H2,(H,10,11). The molecule has 1 aromatic heterocycles. The van der Waals surface area contributed by atoms with Crippen molar-refractivity contribution in [1.29, 1.82) is 0 Å². The van der Waals surface area contributed by atoms with Gasteiger partial charge in [-0.25, -0.2) is 4.98 Å². The molecule has 1 aromatic carbocycles. The SMILES string of the molecule is Oc1c(CCl)ccc2[nH]cnc12. The first kappa shape index (κ1) is 7.43. The molecule has 0 spiro atoms. The van der Waals surface area contributed by atoms with E-state index in [4.69, 9.17) is 11.6 Å². The minimum Gasteiger partial charge on any atom is -0.505 e. The molecule has 2 aromatic rings. The molecule has 0 unspecified atom stereocenters. The molecule has 0 bridgehead atoms. The van der Waals surface area contributed by atoms with Crippen LogP contribution < -0.4 is 0 Å². The first-order valence-corrected chi connectivity index (χ1v) is 4.06. The molecule has 3 nitrogen and oxygen atoms in total. The third kappa shape index (κ3) is 0.940. The van der Waals surface area contributed by atoms with Gasteiger partial charge in [0, 0.05) is 5.56 Å². The number of phenolic OH excluding ortho intramolecular Hbond substituents is 1. The lowest BCUT2D eigenvalue weighted by Crippen LogP contribution is -1.80. The molecule has 0 saturated carbocycles. The number of nitrogens with one attached hydrogen (secondary N) is 1. The van der Waals surface area contributed by atoms with Gasteiger partial charge in [-0.1, -0.05) is 6.07 Å². The van der Waals surface area contributed by atoms with Crippen molar-refractivity contribution in [1.82, 2.24) is 9.97 Å². The van der Waals surface area contributed by atoms with E-state index in [0.717, 1.165) is 5.52 Å². The molecule has 0 amide bonds. The third-order valence-electron chi connectivity index (χ3n) is 1.79. The number of nitrogens with zero attached hydrogens (tertiary/aromatic N) is 1. The van der Waals surface area contributed by atoms with Crippen LogP contribution in [0.15, 0.2) is 18.5 Å². The molecule has 0 aliphatic heterocycles. The first-order valence-electron chi connectivity index (χ1n) is 3.53. The lowest BCUT2D eigenvalue weighted by molar-refractivity contribution is 0.476. The summed E-state index contributed by atoms with van der Waals surface area (Å²) in [6.45, 7) is 0. The lowest BCUT2D eigenvalue weighted by atomic mass is 10.2. The maximum atomic E-state index is 9.57. The number of benzene rings is 1. The number of rotatable bonds is 1. The Kier molecular flexibility index (Phi) is 1.66. The monoisotopic (exact) mass is 182 g/mol. The van der Waals surface area contributed by atoms with Gasteiger partial charge in [0.1, 0.15) is 11.3 Å². The number of imidazole rings is 1. The van der Waals surface area contributed by atoms with Crippen LogP contribution in [-0.4, -0.2) is 15.1 Å². The van der Waals surface area contributed by atoms with E-state index in [2.05, 4.69) is 9.97 Å². The number of aromatic nitrogens is 2. The van der Waals surface area contributed by atoms with E-state index < -0.39 is 0 Å². The number of hydrogen-bond acceptors (Lipinski definition) is 2. The number of phenols is 1. The van der Waals surface area contributed by atoms with Gasteiger partial charge in [0.2, 0.25) is 0 Å². The number of alkyl halides is 1. The van der Waals surface area contributed by atoms with Crippen LogP contribution in [0.2, 0.25) is 0 Å². The smallest absolute Gasteiger partial charge is 0.147 e. The molecule has 62 valence electrons. The van der Waals surface area contributed by atoms with Crippen molar-refractivity contribution in [3.8, 4) is 5.75 Å². The van der Waals surface area contributed by atoms with E-state index in [9.17, 15) is 5.11 Å². The molecule has 2 N–H and O–H groups in total. The molecule has 0 saturated heterocycles. The number of fused-ring (bicyclic) bond motifs is 1. The van der Waals surface area contributed by atoms with Crippen LogP contribution in [0.1, 0.15) is 5.56 Å². The Morgan fingerprint density at radius 1 is 1.50 bits per heavy atom. The normalized spacial score (nSPS) is 10.8. The maximum Gasteiger partial charge on any atom is 0.147 e. The van der Waals surface area contributed by atoms with Crippen LogP contribution in [0.25, 0.3) is 11.0 Å². The Bertz CT molecular complexity index is 410. The van der Waals surface area contributed by atoms with E-state index >= 15 is 0 Å². The van der Waals surface area contributed by atoms with E-state index in [1.165, 1.54) is 0 Å². The molecule has 2 rings (SSSR count). The van der Waals surface area contributed by atoms with Gasteiger partial charge in [0.25, 0.3) is 0 Å². The number of aromatic hydroxyl groups is 1.